The molecule has 0 aromatic heterocycles. The fraction of sp³-hybridized carbons (Fsp3) is 0.364. The van der Waals surface area contributed by atoms with Gasteiger partial charge in [0.25, 0.3) is 0 Å². The maximum Gasteiger partial charge on any atom is 0.409 e. The van der Waals surface area contributed by atoms with Crippen LogP contribution in [0.5, 0.6) is 0 Å². The number of methoxy groups -OCH3 is 1. The Labute approximate surface area is 171 Å². The molecule has 1 unspecified atom stereocenters. The first-order chi connectivity index (χ1) is 14.0. The monoisotopic (exact) mass is 396 g/mol. The van der Waals surface area contributed by atoms with Crippen LogP contribution in [0.15, 0.2) is 54.6 Å². The minimum atomic E-state index is -0.385. The predicted molar refractivity (Wildman–Crippen MR) is 114 cm³/mol. The average molecular weight is 396 g/mol. The van der Waals surface area contributed by atoms with E-state index in [0.717, 1.165) is 25.1 Å². The van der Waals surface area contributed by atoms with Crippen LogP contribution in [0.3, 0.4) is 0 Å². The van der Waals surface area contributed by atoms with E-state index >= 15 is 0 Å². The number of hydrogen-bond acceptors (Lipinski definition) is 4. The lowest BCUT2D eigenvalue weighted by Crippen LogP contribution is -2.34. The van der Waals surface area contributed by atoms with Gasteiger partial charge in [0.05, 0.1) is 7.11 Å². The SMILES string of the molecule is COC(=O)N(C)Cc1ccc(NC(=O)NCC2CCN(c3ccccc3)C2)cc1. The Morgan fingerprint density at radius 2 is 1.86 bits per heavy atom. The van der Waals surface area contributed by atoms with Crippen LogP contribution >= 0.6 is 0 Å². The van der Waals surface area contributed by atoms with Crippen LogP contribution < -0.4 is 15.5 Å². The Morgan fingerprint density at radius 1 is 1.14 bits per heavy atom. The zero-order valence-corrected chi connectivity index (χ0v) is 16.9. The quantitative estimate of drug-likeness (QED) is 0.783. The molecule has 2 aromatic carbocycles. The third kappa shape index (κ3) is 5.88. The highest BCUT2D eigenvalue weighted by Crippen LogP contribution is 2.23. The normalized spacial score (nSPS) is 15.7. The molecule has 154 valence electrons. The number of hydrogen-bond donors (Lipinski definition) is 2. The smallest absolute Gasteiger partial charge is 0.409 e. The van der Waals surface area contributed by atoms with E-state index in [1.807, 2.05) is 42.5 Å². The van der Waals surface area contributed by atoms with E-state index in [1.54, 1.807) is 7.05 Å². The van der Waals surface area contributed by atoms with Crippen LogP contribution in [0, 0.1) is 5.92 Å². The van der Waals surface area contributed by atoms with Gasteiger partial charge >= 0.3 is 12.1 Å². The Balaban J connectivity index is 1.41. The molecule has 1 fully saturated rings. The minimum absolute atomic E-state index is 0.206. The molecule has 1 aliphatic heterocycles. The molecule has 29 heavy (non-hydrogen) atoms. The number of benzene rings is 2. The van der Waals surface area contributed by atoms with Crippen LogP contribution in [0.4, 0.5) is 21.0 Å². The fourth-order valence-electron chi connectivity index (χ4n) is 3.47. The van der Waals surface area contributed by atoms with Crippen molar-refractivity contribution < 1.29 is 14.3 Å². The molecule has 1 aliphatic rings. The number of carbonyl (C=O) groups excluding carboxylic acids is 2. The molecule has 0 spiro atoms. The van der Waals surface area contributed by atoms with Crippen molar-refractivity contribution in [2.24, 2.45) is 5.92 Å². The van der Waals surface area contributed by atoms with Crippen molar-refractivity contribution in [3.63, 3.8) is 0 Å². The van der Waals surface area contributed by atoms with Crippen LogP contribution in [0.1, 0.15) is 12.0 Å². The summed E-state index contributed by atoms with van der Waals surface area (Å²) in [5.41, 5.74) is 2.90. The fourth-order valence-corrected chi connectivity index (χ4v) is 3.47. The van der Waals surface area contributed by atoms with Gasteiger partial charge in [-0.15, -0.1) is 0 Å². The van der Waals surface area contributed by atoms with Crippen LogP contribution in [-0.4, -0.2) is 50.8 Å². The first-order valence-electron chi connectivity index (χ1n) is 9.78. The van der Waals surface area contributed by atoms with Gasteiger partial charge in [-0.2, -0.15) is 0 Å². The first-order valence-corrected chi connectivity index (χ1v) is 9.78. The lowest BCUT2D eigenvalue weighted by Gasteiger charge is -2.18. The van der Waals surface area contributed by atoms with Crippen molar-refractivity contribution >= 4 is 23.5 Å². The van der Waals surface area contributed by atoms with E-state index in [2.05, 4.69) is 32.4 Å². The number of ether oxygens (including phenoxy) is 1. The molecule has 0 saturated carbocycles. The lowest BCUT2D eigenvalue weighted by atomic mass is 10.1. The summed E-state index contributed by atoms with van der Waals surface area (Å²) in [4.78, 5) is 27.5. The molecule has 0 bridgehead atoms. The van der Waals surface area contributed by atoms with Crippen molar-refractivity contribution in [1.29, 1.82) is 0 Å². The highest BCUT2D eigenvalue weighted by molar-refractivity contribution is 5.89. The highest BCUT2D eigenvalue weighted by atomic mass is 16.5. The largest absolute Gasteiger partial charge is 0.453 e. The summed E-state index contributed by atoms with van der Waals surface area (Å²) in [6.45, 7) is 3.06. The Kier molecular flexibility index (Phi) is 6.94. The van der Waals surface area contributed by atoms with Crippen molar-refractivity contribution in [3.05, 3.63) is 60.2 Å². The van der Waals surface area contributed by atoms with Crippen molar-refractivity contribution in [2.75, 3.05) is 44.0 Å². The third-order valence-corrected chi connectivity index (χ3v) is 5.08. The van der Waals surface area contributed by atoms with Gasteiger partial charge in [0.15, 0.2) is 0 Å². The number of amides is 3. The summed E-state index contributed by atoms with van der Waals surface area (Å²) in [5, 5.41) is 5.82. The molecule has 7 heteroatoms. The Bertz CT molecular complexity index is 811. The number of carbonyl (C=O) groups is 2. The molecule has 2 aromatic rings. The summed E-state index contributed by atoms with van der Waals surface area (Å²) in [6.07, 6.45) is 0.682. The molecular formula is C22H28N4O3. The van der Waals surface area contributed by atoms with Crippen molar-refractivity contribution in [3.8, 4) is 0 Å². The Morgan fingerprint density at radius 3 is 2.55 bits per heavy atom. The van der Waals surface area contributed by atoms with Gasteiger partial charge < -0.3 is 25.2 Å². The molecule has 7 nitrogen and oxygen atoms in total. The Hall–Kier alpha value is -3.22. The zero-order chi connectivity index (χ0) is 20.6. The summed E-state index contributed by atoms with van der Waals surface area (Å²) in [6, 6.07) is 17.6. The number of para-hydroxylation sites is 1. The van der Waals surface area contributed by atoms with Crippen LogP contribution in [-0.2, 0) is 11.3 Å². The van der Waals surface area contributed by atoms with E-state index in [9.17, 15) is 9.59 Å². The van der Waals surface area contributed by atoms with E-state index in [4.69, 9.17) is 0 Å². The second-order valence-corrected chi connectivity index (χ2v) is 7.29. The number of urea groups is 1. The van der Waals surface area contributed by atoms with Gasteiger partial charge in [0, 0.05) is 44.6 Å². The number of nitrogens with zero attached hydrogens (tertiary/aromatic N) is 2. The van der Waals surface area contributed by atoms with E-state index in [1.165, 1.54) is 17.7 Å². The summed E-state index contributed by atoms with van der Waals surface area (Å²) >= 11 is 0. The lowest BCUT2D eigenvalue weighted by molar-refractivity contribution is 0.131. The molecule has 2 N–H and O–H groups in total. The van der Waals surface area contributed by atoms with Crippen LogP contribution in [0.25, 0.3) is 0 Å². The molecule has 3 rings (SSSR count). The third-order valence-electron chi connectivity index (χ3n) is 5.08. The molecule has 1 saturated heterocycles. The average Bonchev–Trinajstić information content (AvgIpc) is 3.23. The van der Waals surface area contributed by atoms with Gasteiger partial charge in [0.2, 0.25) is 0 Å². The molecule has 0 radical (unpaired) electrons. The minimum Gasteiger partial charge on any atom is -0.453 e. The second-order valence-electron chi connectivity index (χ2n) is 7.29. The first kappa shape index (κ1) is 20.5. The van der Waals surface area contributed by atoms with Gasteiger partial charge in [0.1, 0.15) is 0 Å². The summed E-state index contributed by atoms with van der Waals surface area (Å²) < 4.78 is 4.68. The predicted octanol–water partition coefficient (Wildman–Crippen LogP) is 3.53. The highest BCUT2D eigenvalue weighted by Gasteiger charge is 2.22. The van der Waals surface area contributed by atoms with Gasteiger partial charge in [-0.25, -0.2) is 9.59 Å². The number of rotatable bonds is 6. The maximum absolute atomic E-state index is 12.2. The van der Waals surface area contributed by atoms with Crippen molar-refractivity contribution in [2.45, 2.75) is 13.0 Å². The van der Waals surface area contributed by atoms with Gasteiger partial charge in [-0.05, 0) is 42.2 Å². The maximum atomic E-state index is 12.2. The molecule has 1 atom stereocenters. The summed E-state index contributed by atoms with van der Waals surface area (Å²) in [5.74, 6) is 0.442. The van der Waals surface area contributed by atoms with E-state index in [-0.39, 0.29) is 12.1 Å². The second kappa shape index (κ2) is 9.82. The zero-order valence-electron chi connectivity index (χ0n) is 16.9. The topological polar surface area (TPSA) is 73.9 Å². The molecular weight excluding hydrogens is 368 g/mol. The molecule has 1 heterocycles. The van der Waals surface area contributed by atoms with Gasteiger partial charge in [-0.1, -0.05) is 30.3 Å². The van der Waals surface area contributed by atoms with Gasteiger partial charge in [-0.3, -0.25) is 0 Å². The summed E-state index contributed by atoms with van der Waals surface area (Å²) in [7, 11) is 3.03. The van der Waals surface area contributed by atoms with Crippen LogP contribution in [0.2, 0.25) is 0 Å². The number of anilines is 2. The number of nitrogens with one attached hydrogen (secondary N) is 2. The van der Waals surface area contributed by atoms with E-state index in [0.29, 0.717) is 24.7 Å². The molecule has 3 amide bonds. The standard InChI is InChI=1S/C22H28N4O3/c1-25(22(28)29-2)15-17-8-10-19(11-9-17)24-21(27)23-14-18-12-13-26(16-18)20-6-4-3-5-7-20/h3-11,18H,12-16H2,1-2H3,(H2,23,24,27). The van der Waals surface area contributed by atoms with Crippen molar-refractivity contribution in [1.82, 2.24) is 10.2 Å². The van der Waals surface area contributed by atoms with E-state index < -0.39 is 0 Å². The molecule has 0 aliphatic carbocycles.